The molecule has 5 rings (SSSR count). The summed E-state index contributed by atoms with van der Waals surface area (Å²) in [6, 6.07) is 8.01. The van der Waals surface area contributed by atoms with E-state index in [0.717, 1.165) is 55.3 Å². The third kappa shape index (κ3) is 2.60. The van der Waals surface area contributed by atoms with E-state index in [1.54, 1.807) is 12.5 Å². The number of fused-ring (bicyclic) bond motifs is 2. The zero-order chi connectivity index (χ0) is 18.4. The van der Waals surface area contributed by atoms with Crippen LogP contribution in [-0.4, -0.2) is 46.1 Å². The van der Waals surface area contributed by atoms with Gasteiger partial charge in [0.1, 0.15) is 29.7 Å². The molecule has 0 aromatic carbocycles. The van der Waals surface area contributed by atoms with E-state index in [2.05, 4.69) is 48.8 Å². The molecule has 27 heavy (non-hydrogen) atoms. The molecule has 2 saturated heterocycles. The summed E-state index contributed by atoms with van der Waals surface area (Å²) < 4.78 is 0. The van der Waals surface area contributed by atoms with Crippen LogP contribution in [0.3, 0.4) is 0 Å². The fourth-order valence-corrected chi connectivity index (χ4v) is 4.67. The van der Waals surface area contributed by atoms with Crippen LogP contribution in [-0.2, 0) is 0 Å². The first-order valence-electron chi connectivity index (χ1n) is 9.30. The summed E-state index contributed by atoms with van der Waals surface area (Å²) in [6.07, 6.45) is 6.37. The maximum atomic E-state index is 8.98. The van der Waals surface area contributed by atoms with Crippen LogP contribution < -0.4 is 9.80 Å². The van der Waals surface area contributed by atoms with E-state index in [-0.39, 0.29) is 5.41 Å². The number of aromatic nitrogens is 4. The Kier molecular flexibility index (Phi) is 3.54. The maximum absolute atomic E-state index is 8.98. The Hall–Kier alpha value is -3.14. The normalized spacial score (nSPS) is 24.8. The molecular weight excluding hydrogens is 338 g/mol. The molecule has 2 aliphatic heterocycles. The van der Waals surface area contributed by atoms with Crippen LogP contribution in [0.1, 0.15) is 18.9 Å². The predicted octanol–water partition coefficient (Wildman–Crippen LogP) is 2.58. The number of nitriles is 1. The molecule has 3 aromatic rings. The van der Waals surface area contributed by atoms with Gasteiger partial charge in [-0.25, -0.2) is 15.0 Å². The Morgan fingerprint density at radius 1 is 1.19 bits per heavy atom. The SMILES string of the molecule is C[C@@]12CN(c3ccc(C#N)cn3)C[C@@H]1CCN(c1ncnc3[nH]ccc13)C2. The van der Waals surface area contributed by atoms with Crippen LogP contribution in [0.4, 0.5) is 11.6 Å². The molecule has 0 radical (unpaired) electrons. The van der Waals surface area contributed by atoms with Crippen LogP contribution in [0.15, 0.2) is 36.9 Å². The second-order valence-corrected chi connectivity index (χ2v) is 7.90. The number of rotatable bonds is 2. The molecule has 2 aliphatic rings. The summed E-state index contributed by atoms with van der Waals surface area (Å²) in [5.74, 6) is 2.62. The second kappa shape index (κ2) is 5.95. The molecule has 1 N–H and O–H groups in total. The number of nitrogens with one attached hydrogen (secondary N) is 1. The lowest BCUT2D eigenvalue weighted by Crippen LogP contribution is -2.47. The average molecular weight is 359 g/mol. The summed E-state index contributed by atoms with van der Waals surface area (Å²) in [7, 11) is 0. The number of aromatic amines is 1. The van der Waals surface area contributed by atoms with E-state index in [4.69, 9.17) is 5.26 Å². The fraction of sp³-hybridized carbons (Fsp3) is 0.400. The van der Waals surface area contributed by atoms with Gasteiger partial charge in [-0.1, -0.05) is 6.92 Å². The van der Waals surface area contributed by atoms with Gasteiger partial charge in [0.25, 0.3) is 0 Å². The van der Waals surface area contributed by atoms with Crippen molar-refractivity contribution in [1.82, 2.24) is 19.9 Å². The highest BCUT2D eigenvalue weighted by Crippen LogP contribution is 2.44. The molecule has 0 aliphatic carbocycles. The first-order valence-corrected chi connectivity index (χ1v) is 9.30. The minimum Gasteiger partial charge on any atom is -0.356 e. The maximum Gasteiger partial charge on any atom is 0.142 e. The molecule has 0 spiro atoms. The lowest BCUT2D eigenvalue weighted by Gasteiger charge is -2.42. The highest BCUT2D eigenvalue weighted by molar-refractivity contribution is 5.87. The number of hydrogen-bond donors (Lipinski definition) is 1. The van der Waals surface area contributed by atoms with Crippen LogP contribution in [0, 0.1) is 22.7 Å². The molecule has 2 fully saturated rings. The summed E-state index contributed by atoms with van der Waals surface area (Å²) in [5.41, 5.74) is 1.68. The van der Waals surface area contributed by atoms with Gasteiger partial charge in [-0.05, 0) is 30.5 Å². The Morgan fingerprint density at radius 3 is 2.89 bits per heavy atom. The van der Waals surface area contributed by atoms with E-state index >= 15 is 0 Å². The van der Waals surface area contributed by atoms with Crippen LogP contribution in [0.5, 0.6) is 0 Å². The van der Waals surface area contributed by atoms with Gasteiger partial charge in [-0.15, -0.1) is 0 Å². The molecule has 0 unspecified atom stereocenters. The van der Waals surface area contributed by atoms with E-state index < -0.39 is 0 Å². The lowest BCUT2D eigenvalue weighted by atomic mass is 9.75. The van der Waals surface area contributed by atoms with Crippen molar-refractivity contribution >= 4 is 22.7 Å². The van der Waals surface area contributed by atoms with Crippen LogP contribution in [0.2, 0.25) is 0 Å². The Morgan fingerprint density at radius 2 is 2.07 bits per heavy atom. The highest BCUT2D eigenvalue weighted by atomic mass is 15.3. The molecule has 7 nitrogen and oxygen atoms in total. The molecule has 0 bridgehead atoms. The van der Waals surface area contributed by atoms with Gasteiger partial charge in [0.2, 0.25) is 0 Å². The van der Waals surface area contributed by atoms with Gasteiger partial charge in [-0.2, -0.15) is 5.26 Å². The largest absolute Gasteiger partial charge is 0.356 e. The van der Waals surface area contributed by atoms with Crippen molar-refractivity contribution in [3.63, 3.8) is 0 Å². The van der Waals surface area contributed by atoms with Crippen molar-refractivity contribution in [1.29, 1.82) is 5.26 Å². The molecule has 136 valence electrons. The Bertz CT molecular complexity index is 1020. The number of piperidine rings is 1. The van der Waals surface area contributed by atoms with Crippen molar-refractivity contribution in [2.45, 2.75) is 13.3 Å². The molecule has 5 heterocycles. The second-order valence-electron chi connectivity index (χ2n) is 7.90. The zero-order valence-corrected chi connectivity index (χ0v) is 15.3. The smallest absolute Gasteiger partial charge is 0.142 e. The topological polar surface area (TPSA) is 84.7 Å². The first-order chi connectivity index (χ1) is 13.2. The zero-order valence-electron chi connectivity index (χ0n) is 15.3. The standard InChI is InChI=1S/C20H21N7/c1-20-11-26(19-16-4-6-22-18(16)24-13-25-19)7-5-15(20)10-27(12-20)17-3-2-14(8-21)9-23-17/h2-4,6,9,13,15H,5,7,10-12H2,1H3,(H,22,24,25)/t15-,20+/m0/s1. The number of anilines is 2. The van der Waals surface area contributed by atoms with Gasteiger partial charge in [-0.3, -0.25) is 0 Å². The molecule has 7 heteroatoms. The van der Waals surface area contributed by atoms with Crippen molar-refractivity contribution < 1.29 is 0 Å². The Balaban J connectivity index is 1.40. The third-order valence-electron chi connectivity index (χ3n) is 6.11. The summed E-state index contributed by atoms with van der Waals surface area (Å²) in [4.78, 5) is 21.3. The van der Waals surface area contributed by atoms with E-state index in [9.17, 15) is 0 Å². The fourth-order valence-electron chi connectivity index (χ4n) is 4.67. The van der Waals surface area contributed by atoms with Crippen LogP contribution in [0.25, 0.3) is 11.0 Å². The van der Waals surface area contributed by atoms with Crippen molar-refractivity contribution in [2.75, 3.05) is 36.0 Å². The molecule has 2 atom stereocenters. The highest BCUT2D eigenvalue weighted by Gasteiger charge is 2.47. The molecule has 3 aromatic heterocycles. The van der Waals surface area contributed by atoms with E-state index in [1.165, 1.54) is 0 Å². The van der Waals surface area contributed by atoms with Crippen molar-refractivity contribution in [2.24, 2.45) is 11.3 Å². The number of nitrogens with zero attached hydrogens (tertiary/aromatic N) is 6. The van der Waals surface area contributed by atoms with Gasteiger partial charge in [0.05, 0.1) is 10.9 Å². The summed E-state index contributed by atoms with van der Waals surface area (Å²) >= 11 is 0. The van der Waals surface area contributed by atoms with Gasteiger partial charge in [0, 0.05) is 44.0 Å². The predicted molar refractivity (Wildman–Crippen MR) is 103 cm³/mol. The molecular formula is C20H21N7. The van der Waals surface area contributed by atoms with Gasteiger partial charge < -0.3 is 14.8 Å². The van der Waals surface area contributed by atoms with E-state index in [0.29, 0.717) is 11.5 Å². The van der Waals surface area contributed by atoms with Gasteiger partial charge in [0.15, 0.2) is 0 Å². The number of H-pyrrole nitrogens is 1. The number of pyridine rings is 1. The third-order valence-corrected chi connectivity index (χ3v) is 6.11. The lowest BCUT2D eigenvalue weighted by molar-refractivity contribution is 0.216. The molecule has 0 amide bonds. The van der Waals surface area contributed by atoms with E-state index in [1.807, 2.05) is 18.3 Å². The van der Waals surface area contributed by atoms with Crippen molar-refractivity contribution in [3.05, 3.63) is 42.5 Å². The number of hydrogen-bond acceptors (Lipinski definition) is 6. The van der Waals surface area contributed by atoms with Crippen molar-refractivity contribution in [3.8, 4) is 6.07 Å². The summed E-state index contributed by atoms with van der Waals surface area (Å²) in [6.45, 7) is 6.35. The average Bonchev–Trinajstić information content (AvgIpc) is 3.31. The minimum atomic E-state index is 0.182. The van der Waals surface area contributed by atoms with Gasteiger partial charge >= 0.3 is 0 Å². The first kappa shape index (κ1) is 16.1. The summed E-state index contributed by atoms with van der Waals surface area (Å²) in [5, 5.41) is 10.1. The molecule has 0 saturated carbocycles. The Labute approximate surface area is 157 Å². The quantitative estimate of drug-likeness (QED) is 0.757. The minimum absolute atomic E-state index is 0.182. The monoisotopic (exact) mass is 359 g/mol. The van der Waals surface area contributed by atoms with Crippen LogP contribution >= 0.6 is 0 Å².